The normalized spacial score (nSPS) is 27.6. The molecule has 0 aliphatic heterocycles. The van der Waals surface area contributed by atoms with Crippen LogP contribution < -0.4 is 5.32 Å². The molecule has 5 nitrogen and oxygen atoms in total. The minimum absolute atomic E-state index is 0.0477. The Hall–Kier alpha value is -1.62. The first kappa shape index (κ1) is 13.4. The minimum Gasteiger partial charge on any atom is -0.349 e. The van der Waals surface area contributed by atoms with E-state index in [0.29, 0.717) is 11.5 Å². The molecule has 2 fully saturated rings. The van der Waals surface area contributed by atoms with Crippen molar-refractivity contribution in [1.82, 2.24) is 5.32 Å². The van der Waals surface area contributed by atoms with Crippen LogP contribution in [-0.2, 0) is 0 Å². The molecule has 0 radical (unpaired) electrons. The number of hydrogen-bond donors (Lipinski definition) is 1. The predicted octanol–water partition coefficient (Wildman–Crippen LogP) is 3.17. The molecule has 3 atom stereocenters. The third kappa shape index (κ3) is 2.38. The van der Waals surface area contributed by atoms with E-state index in [9.17, 15) is 14.9 Å². The van der Waals surface area contributed by atoms with Gasteiger partial charge in [-0.3, -0.25) is 14.9 Å². The van der Waals surface area contributed by atoms with Crippen LogP contribution >= 0.6 is 11.6 Å². The Morgan fingerprint density at radius 2 is 2.15 bits per heavy atom. The van der Waals surface area contributed by atoms with Crippen LogP contribution in [-0.4, -0.2) is 16.9 Å². The number of hydrogen-bond acceptors (Lipinski definition) is 3. The summed E-state index contributed by atoms with van der Waals surface area (Å²) in [5, 5.41) is 13.9. The van der Waals surface area contributed by atoms with E-state index in [0.717, 1.165) is 12.3 Å². The van der Waals surface area contributed by atoms with Crippen molar-refractivity contribution < 1.29 is 9.72 Å². The molecule has 0 spiro atoms. The molecule has 2 saturated carbocycles. The Labute approximate surface area is 121 Å². The van der Waals surface area contributed by atoms with Gasteiger partial charge in [-0.05, 0) is 43.2 Å². The van der Waals surface area contributed by atoms with Crippen molar-refractivity contribution >= 4 is 23.2 Å². The number of benzene rings is 1. The number of nitrogens with one attached hydrogen (secondary N) is 1. The summed E-state index contributed by atoms with van der Waals surface area (Å²) in [5.41, 5.74) is 0.0659. The predicted molar refractivity (Wildman–Crippen MR) is 74.8 cm³/mol. The highest BCUT2D eigenvalue weighted by atomic mass is 35.5. The molecular formula is C14H15ClN2O3. The molecule has 6 heteroatoms. The van der Waals surface area contributed by atoms with Crippen LogP contribution in [0.25, 0.3) is 0 Å². The molecule has 0 saturated heterocycles. The maximum Gasteiger partial charge on any atom is 0.288 e. The number of rotatable bonds is 3. The zero-order valence-electron chi connectivity index (χ0n) is 10.8. The second-order valence-electron chi connectivity index (χ2n) is 5.68. The van der Waals surface area contributed by atoms with Gasteiger partial charge in [-0.1, -0.05) is 18.0 Å². The molecule has 20 heavy (non-hydrogen) atoms. The summed E-state index contributed by atoms with van der Waals surface area (Å²) in [4.78, 5) is 22.4. The van der Waals surface area contributed by atoms with Gasteiger partial charge in [0.1, 0.15) is 5.02 Å². The van der Waals surface area contributed by atoms with Gasteiger partial charge in [0.05, 0.1) is 4.92 Å². The second-order valence-corrected chi connectivity index (χ2v) is 6.09. The van der Waals surface area contributed by atoms with Crippen molar-refractivity contribution in [3.8, 4) is 0 Å². The first-order valence-corrected chi connectivity index (χ1v) is 7.17. The molecule has 1 amide bonds. The Bertz CT molecular complexity index is 576. The van der Waals surface area contributed by atoms with Crippen LogP contribution in [0.1, 0.15) is 36.0 Å². The number of nitro groups is 1. The number of nitrogens with zero attached hydrogens (tertiary/aromatic N) is 1. The van der Waals surface area contributed by atoms with Crippen LogP contribution in [0.3, 0.4) is 0 Å². The Balaban J connectivity index is 1.74. The zero-order chi connectivity index (χ0) is 14.3. The van der Waals surface area contributed by atoms with Crippen LogP contribution in [0.5, 0.6) is 0 Å². The van der Waals surface area contributed by atoms with Crippen molar-refractivity contribution in [2.45, 2.75) is 31.7 Å². The summed E-state index contributed by atoms with van der Waals surface area (Å²) in [5.74, 6) is 1.07. The zero-order valence-corrected chi connectivity index (χ0v) is 11.6. The fourth-order valence-electron chi connectivity index (χ4n) is 3.47. The van der Waals surface area contributed by atoms with E-state index in [1.165, 1.54) is 37.5 Å². The summed E-state index contributed by atoms with van der Waals surface area (Å²) in [6.45, 7) is 0. The first-order valence-electron chi connectivity index (χ1n) is 6.79. The lowest BCUT2D eigenvalue weighted by molar-refractivity contribution is -0.384. The Morgan fingerprint density at radius 1 is 1.35 bits per heavy atom. The van der Waals surface area contributed by atoms with Gasteiger partial charge >= 0.3 is 0 Å². The van der Waals surface area contributed by atoms with E-state index in [1.807, 2.05) is 0 Å². The first-order chi connectivity index (χ1) is 9.54. The molecule has 2 bridgehead atoms. The summed E-state index contributed by atoms with van der Waals surface area (Å²) in [7, 11) is 0. The third-order valence-electron chi connectivity index (χ3n) is 4.46. The van der Waals surface area contributed by atoms with Crippen molar-refractivity contribution in [2.24, 2.45) is 11.8 Å². The van der Waals surface area contributed by atoms with Gasteiger partial charge in [-0.15, -0.1) is 0 Å². The van der Waals surface area contributed by atoms with E-state index < -0.39 is 4.92 Å². The van der Waals surface area contributed by atoms with E-state index in [-0.39, 0.29) is 22.7 Å². The maximum absolute atomic E-state index is 12.2. The average molecular weight is 295 g/mol. The van der Waals surface area contributed by atoms with E-state index >= 15 is 0 Å². The molecule has 1 aromatic carbocycles. The van der Waals surface area contributed by atoms with Gasteiger partial charge in [0.25, 0.3) is 11.6 Å². The van der Waals surface area contributed by atoms with Crippen LogP contribution in [0.15, 0.2) is 18.2 Å². The molecule has 2 aliphatic carbocycles. The number of nitro benzene ring substituents is 1. The molecule has 0 heterocycles. The standard InChI is InChI=1S/C14H15ClN2O3/c15-11-4-3-10(7-13(11)17(19)20)14(18)16-12-6-8-1-2-9(12)5-8/h3-4,7-9,12H,1-2,5-6H2,(H,16,18). The largest absolute Gasteiger partial charge is 0.349 e. The highest BCUT2D eigenvalue weighted by Crippen LogP contribution is 2.44. The number of halogens is 1. The second kappa shape index (κ2) is 5.05. The molecule has 1 aromatic rings. The molecule has 106 valence electrons. The van der Waals surface area contributed by atoms with E-state index in [1.54, 1.807) is 0 Å². The van der Waals surface area contributed by atoms with Gasteiger partial charge in [-0.25, -0.2) is 0 Å². The molecule has 0 aromatic heterocycles. The van der Waals surface area contributed by atoms with Crippen molar-refractivity contribution in [3.63, 3.8) is 0 Å². The molecule has 3 rings (SSSR count). The van der Waals surface area contributed by atoms with Gasteiger partial charge in [0, 0.05) is 17.7 Å². The fourth-order valence-corrected chi connectivity index (χ4v) is 3.65. The lowest BCUT2D eigenvalue weighted by Crippen LogP contribution is -2.38. The highest BCUT2D eigenvalue weighted by Gasteiger charge is 2.40. The number of amides is 1. The van der Waals surface area contributed by atoms with Gasteiger partial charge in [-0.2, -0.15) is 0 Å². The van der Waals surface area contributed by atoms with E-state index in [2.05, 4.69) is 5.32 Å². The lowest BCUT2D eigenvalue weighted by atomic mass is 9.95. The maximum atomic E-state index is 12.2. The summed E-state index contributed by atoms with van der Waals surface area (Å²) in [6.07, 6.45) is 4.68. The number of fused-ring (bicyclic) bond motifs is 2. The van der Waals surface area contributed by atoms with Crippen LogP contribution in [0.2, 0.25) is 5.02 Å². The summed E-state index contributed by atoms with van der Waals surface area (Å²) < 4.78 is 0. The number of carbonyl (C=O) groups excluding carboxylic acids is 1. The van der Waals surface area contributed by atoms with Crippen LogP contribution in [0, 0.1) is 22.0 Å². The fraction of sp³-hybridized carbons (Fsp3) is 0.500. The summed E-state index contributed by atoms with van der Waals surface area (Å²) >= 11 is 5.74. The molecule has 3 unspecified atom stereocenters. The van der Waals surface area contributed by atoms with Crippen molar-refractivity contribution in [2.75, 3.05) is 0 Å². The topological polar surface area (TPSA) is 72.2 Å². The molecule has 2 aliphatic rings. The average Bonchev–Trinajstić information content (AvgIpc) is 3.01. The summed E-state index contributed by atoms with van der Waals surface area (Å²) in [6, 6.07) is 4.38. The van der Waals surface area contributed by atoms with Crippen molar-refractivity contribution in [1.29, 1.82) is 0 Å². The quantitative estimate of drug-likeness (QED) is 0.687. The Morgan fingerprint density at radius 3 is 2.75 bits per heavy atom. The lowest BCUT2D eigenvalue weighted by Gasteiger charge is -2.22. The number of carbonyl (C=O) groups is 1. The van der Waals surface area contributed by atoms with Crippen molar-refractivity contribution in [3.05, 3.63) is 38.9 Å². The molecular weight excluding hydrogens is 280 g/mol. The minimum atomic E-state index is -0.573. The third-order valence-corrected chi connectivity index (χ3v) is 4.78. The van der Waals surface area contributed by atoms with Gasteiger partial charge in [0.2, 0.25) is 0 Å². The van der Waals surface area contributed by atoms with E-state index in [4.69, 9.17) is 11.6 Å². The van der Waals surface area contributed by atoms with Crippen LogP contribution in [0.4, 0.5) is 5.69 Å². The smallest absolute Gasteiger partial charge is 0.288 e. The molecule has 1 N–H and O–H groups in total. The Kier molecular flexibility index (Phi) is 3.38. The highest BCUT2D eigenvalue weighted by molar-refractivity contribution is 6.32. The SMILES string of the molecule is O=C(NC1CC2CCC1C2)c1ccc(Cl)c([N+](=O)[O-])c1. The monoisotopic (exact) mass is 294 g/mol. The van der Waals surface area contributed by atoms with Gasteiger partial charge < -0.3 is 5.32 Å². The van der Waals surface area contributed by atoms with Gasteiger partial charge in [0.15, 0.2) is 0 Å².